The topological polar surface area (TPSA) is 30.4 Å². The quantitative estimate of drug-likeness (QED) is 0.853. The van der Waals surface area contributed by atoms with Gasteiger partial charge in [0, 0.05) is 23.9 Å². The van der Waals surface area contributed by atoms with Gasteiger partial charge in [0.25, 0.3) is 0 Å². The van der Waals surface area contributed by atoms with Crippen LogP contribution in [-0.2, 0) is 6.42 Å². The normalized spacial score (nSPS) is 12.3. The number of fused-ring (bicyclic) bond motifs is 1. The highest BCUT2D eigenvalue weighted by atomic mass is 35.5. The molecular weight excluding hydrogens is 220 g/mol. The van der Waals surface area contributed by atoms with Gasteiger partial charge in [-0.05, 0) is 38.5 Å². The molecule has 2 aromatic rings. The van der Waals surface area contributed by atoms with Crippen LogP contribution in [0.2, 0.25) is 5.02 Å². The molecule has 2 aromatic heterocycles. The first-order valence-corrected chi connectivity index (χ1v) is 5.81. The first-order chi connectivity index (χ1) is 7.40. The predicted octanol–water partition coefficient (Wildman–Crippen LogP) is 3.18. The molecular formula is C13H17ClN2. The van der Waals surface area contributed by atoms with Crippen molar-refractivity contribution in [2.24, 2.45) is 5.73 Å². The van der Waals surface area contributed by atoms with Gasteiger partial charge in [-0.2, -0.15) is 0 Å². The van der Waals surface area contributed by atoms with Gasteiger partial charge >= 0.3 is 0 Å². The Kier molecular flexibility index (Phi) is 2.72. The van der Waals surface area contributed by atoms with Gasteiger partial charge in [-0.25, -0.2) is 0 Å². The molecule has 2 rings (SSSR count). The van der Waals surface area contributed by atoms with E-state index in [1.807, 2.05) is 38.2 Å². The molecule has 0 saturated heterocycles. The lowest BCUT2D eigenvalue weighted by Gasteiger charge is -2.19. The molecule has 0 fully saturated rings. The highest BCUT2D eigenvalue weighted by Crippen LogP contribution is 2.29. The van der Waals surface area contributed by atoms with E-state index in [9.17, 15) is 0 Å². The Morgan fingerprint density at radius 2 is 2.06 bits per heavy atom. The fraction of sp³-hybridized carbons (Fsp3) is 0.385. The average molecular weight is 237 g/mol. The number of pyridine rings is 1. The van der Waals surface area contributed by atoms with Crippen LogP contribution in [0.1, 0.15) is 25.1 Å². The molecule has 0 unspecified atom stereocenters. The monoisotopic (exact) mass is 236 g/mol. The van der Waals surface area contributed by atoms with Crippen LogP contribution in [0.3, 0.4) is 0 Å². The zero-order chi connectivity index (χ0) is 11.9. The molecule has 0 amide bonds. The van der Waals surface area contributed by atoms with Gasteiger partial charge < -0.3 is 10.1 Å². The van der Waals surface area contributed by atoms with Gasteiger partial charge in [-0.3, -0.25) is 0 Å². The second-order valence-corrected chi connectivity index (χ2v) is 5.38. The number of rotatable bonds is 2. The van der Waals surface area contributed by atoms with E-state index in [4.69, 9.17) is 17.3 Å². The van der Waals surface area contributed by atoms with Crippen LogP contribution in [0.5, 0.6) is 0 Å². The highest BCUT2D eigenvalue weighted by molar-refractivity contribution is 6.34. The lowest BCUT2D eigenvalue weighted by atomic mass is 9.98. The van der Waals surface area contributed by atoms with Gasteiger partial charge in [-0.15, -0.1) is 0 Å². The lowest BCUT2D eigenvalue weighted by Crippen LogP contribution is -2.35. The largest absolute Gasteiger partial charge is 0.325 e. The van der Waals surface area contributed by atoms with Crippen LogP contribution < -0.4 is 5.73 Å². The van der Waals surface area contributed by atoms with Crippen LogP contribution in [0, 0.1) is 6.92 Å². The Morgan fingerprint density at radius 3 is 2.69 bits per heavy atom. The Labute approximate surface area is 101 Å². The summed E-state index contributed by atoms with van der Waals surface area (Å²) in [6.07, 6.45) is 2.85. The minimum absolute atomic E-state index is 0.224. The summed E-state index contributed by atoms with van der Waals surface area (Å²) in [6, 6.07) is 6.04. The molecule has 0 atom stereocenters. The molecule has 0 aliphatic carbocycles. The zero-order valence-electron chi connectivity index (χ0n) is 9.92. The van der Waals surface area contributed by atoms with E-state index in [0.717, 1.165) is 22.5 Å². The van der Waals surface area contributed by atoms with Crippen molar-refractivity contribution in [1.82, 2.24) is 4.40 Å². The molecule has 2 heterocycles. The first-order valence-electron chi connectivity index (χ1n) is 5.43. The number of halogens is 1. The maximum Gasteiger partial charge on any atom is 0.0693 e. The molecule has 3 heteroatoms. The summed E-state index contributed by atoms with van der Waals surface area (Å²) in [4.78, 5) is 0. The molecule has 0 saturated carbocycles. The Bertz CT molecular complexity index is 520. The summed E-state index contributed by atoms with van der Waals surface area (Å²) in [6.45, 7) is 6.11. The highest BCUT2D eigenvalue weighted by Gasteiger charge is 2.19. The SMILES string of the molecule is Cc1c(Cl)c2ccccn2c1CC(C)(C)N. The van der Waals surface area contributed by atoms with Gasteiger partial charge in [0.05, 0.1) is 10.5 Å². The van der Waals surface area contributed by atoms with Crippen molar-refractivity contribution >= 4 is 17.1 Å². The Hall–Kier alpha value is -0.990. The summed E-state index contributed by atoms with van der Waals surface area (Å²) in [5.41, 5.74) is 9.25. The minimum atomic E-state index is -0.224. The number of nitrogens with zero attached hydrogens (tertiary/aromatic N) is 1. The van der Waals surface area contributed by atoms with E-state index in [-0.39, 0.29) is 5.54 Å². The zero-order valence-corrected chi connectivity index (χ0v) is 10.7. The van der Waals surface area contributed by atoms with Gasteiger partial charge in [0.2, 0.25) is 0 Å². The smallest absolute Gasteiger partial charge is 0.0693 e. The number of hydrogen-bond acceptors (Lipinski definition) is 1. The lowest BCUT2D eigenvalue weighted by molar-refractivity contribution is 0.507. The summed E-state index contributed by atoms with van der Waals surface area (Å²) >= 11 is 6.31. The Morgan fingerprint density at radius 1 is 1.38 bits per heavy atom. The summed E-state index contributed by atoms with van der Waals surface area (Å²) in [5.74, 6) is 0. The maximum atomic E-state index is 6.31. The van der Waals surface area contributed by atoms with Crippen molar-refractivity contribution < 1.29 is 0 Å². The van der Waals surface area contributed by atoms with Gasteiger partial charge in [-0.1, -0.05) is 17.7 Å². The maximum absolute atomic E-state index is 6.31. The van der Waals surface area contributed by atoms with E-state index in [1.54, 1.807) is 0 Å². The molecule has 0 spiro atoms. The summed E-state index contributed by atoms with van der Waals surface area (Å²) in [5, 5.41) is 0.833. The predicted molar refractivity (Wildman–Crippen MR) is 69.1 cm³/mol. The van der Waals surface area contributed by atoms with Crippen LogP contribution in [0.15, 0.2) is 24.4 Å². The van der Waals surface area contributed by atoms with Crippen LogP contribution in [-0.4, -0.2) is 9.94 Å². The van der Waals surface area contributed by atoms with Gasteiger partial charge in [0.15, 0.2) is 0 Å². The number of aromatic nitrogens is 1. The van der Waals surface area contributed by atoms with E-state index < -0.39 is 0 Å². The fourth-order valence-electron chi connectivity index (χ4n) is 2.01. The standard InChI is InChI=1S/C13H17ClN2/c1-9-11(8-13(2,3)15)16-7-5-4-6-10(16)12(9)14/h4-7H,8,15H2,1-3H3. The van der Waals surface area contributed by atoms with E-state index >= 15 is 0 Å². The van der Waals surface area contributed by atoms with Crippen molar-refractivity contribution in [2.45, 2.75) is 32.7 Å². The van der Waals surface area contributed by atoms with E-state index in [0.29, 0.717) is 0 Å². The molecule has 0 bridgehead atoms. The average Bonchev–Trinajstić information content (AvgIpc) is 2.43. The van der Waals surface area contributed by atoms with Crippen molar-refractivity contribution in [3.63, 3.8) is 0 Å². The van der Waals surface area contributed by atoms with E-state index in [1.165, 1.54) is 5.69 Å². The number of hydrogen-bond donors (Lipinski definition) is 1. The minimum Gasteiger partial charge on any atom is -0.325 e. The molecule has 0 aliphatic heterocycles. The van der Waals surface area contributed by atoms with E-state index in [2.05, 4.69) is 11.3 Å². The molecule has 0 aliphatic rings. The van der Waals surface area contributed by atoms with Crippen LogP contribution >= 0.6 is 11.6 Å². The molecule has 0 radical (unpaired) electrons. The first kappa shape index (κ1) is 11.5. The second kappa shape index (κ2) is 3.79. The van der Waals surface area contributed by atoms with Crippen LogP contribution in [0.25, 0.3) is 5.52 Å². The fourth-order valence-corrected chi connectivity index (χ4v) is 2.27. The van der Waals surface area contributed by atoms with Crippen molar-refractivity contribution in [2.75, 3.05) is 0 Å². The second-order valence-electron chi connectivity index (χ2n) is 5.01. The molecule has 86 valence electrons. The van der Waals surface area contributed by atoms with Crippen molar-refractivity contribution in [1.29, 1.82) is 0 Å². The third-order valence-corrected chi connectivity index (χ3v) is 3.24. The third kappa shape index (κ3) is 1.95. The third-order valence-electron chi connectivity index (χ3n) is 2.76. The molecule has 2 N–H and O–H groups in total. The van der Waals surface area contributed by atoms with Crippen molar-refractivity contribution in [3.05, 3.63) is 40.7 Å². The molecule has 0 aromatic carbocycles. The number of nitrogens with two attached hydrogens (primary N) is 1. The van der Waals surface area contributed by atoms with Crippen LogP contribution in [0.4, 0.5) is 0 Å². The molecule has 2 nitrogen and oxygen atoms in total. The Balaban J connectivity index is 2.64. The van der Waals surface area contributed by atoms with Crippen molar-refractivity contribution in [3.8, 4) is 0 Å². The summed E-state index contributed by atoms with van der Waals surface area (Å²) in [7, 11) is 0. The molecule has 16 heavy (non-hydrogen) atoms. The summed E-state index contributed by atoms with van der Waals surface area (Å²) < 4.78 is 2.13. The van der Waals surface area contributed by atoms with Gasteiger partial charge in [0.1, 0.15) is 0 Å².